The zero-order valence-corrected chi connectivity index (χ0v) is 13.3. The van der Waals surface area contributed by atoms with Crippen LogP contribution in [0, 0.1) is 19.8 Å². The Morgan fingerprint density at radius 2 is 1.86 bits per heavy atom. The minimum absolute atomic E-state index is 0.648. The number of nitrogens with one attached hydrogen (secondary N) is 1. The van der Waals surface area contributed by atoms with E-state index in [4.69, 9.17) is 4.74 Å². The quantitative estimate of drug-likeness (QED) is 0.861. The molecule has 0 aliphatic carbocycles. The summed E-state index contributed by atoms with van der Waals surface area (Å²) in [6, 6.07) is 12.0. The van der Waals surface area contributed by atoms with E-state index in [2.05, 4.69) is 30.2 Å². The van der Waals surface area contributed by atoms with E-state index < -0.39 is 0 Å². The Labute approximate surface area is 127 Å². The summed E-state index contributed by atoms with van der Waals surface area (Å²) in [4.78, 5) is 4.55. The van der Waals surface area contributed by atoms with Gasteiger partial charge in [-0.1, -0.05) is 38.1 Å². The molecule has 0 bridgehead atoms. The molecule has 0 atom stereocenters. The molecule has 0 spiro atoms. The average Bonchev–Trinajstić information content (AvgIpc) is 2.43. The third-order valence-electron chi connectivity index (χ3n) is 3.35. The van der Waals surface area contributed by atoms with Crippen LogP contribution in [0.1, 0.15) is 30.7 Å². The molecule has 3 nitrogen and oxygen atoms in total. The van der Waals surface area contributed by atoms with E-state index in [0.29, 0.717) is 11.8 Å². The molecule has 1 N–H and O–H groups in total. The number of hydrogen-bond acceptors (Lipinski definition) is 3. The van der Waals surface area contributed by atoms with Gasteiger partial charge in [-0.15, -0.1) is 0 Å². The lowest BCUT2D eigenvalue weighted by Crippen LogP contribution is -2.19. The second-order valence-electron chi connectivity index (χ2n) is 5.79. The lowest BCUT2D eigenvalue weighted by Gasteiger charge is -2.12. The summed E-state index contributed by atoms with van der Waals surface area (Å²) in [6.07, 6.45) is 0. The van der Waals surface area contributed by atoms with Gasteiger partial charge in [0.25, 0.3) is 0 Å². The number of rotatable bonds is 6. The van der Waals surface area contributed by atoms with Crippen molar-refractivity contribution in [2.24, 2.45) is 5.92 Å². The molecule has 1 heterocycles. The first-order chi connectivity index (χ1) is 10.1. The number of para-hydroxylation sites is 1. The molecule has 1 aromatic heterocycles. The molecule has 0 unspecified atom stereocenters. The fraction of sp³-hybridized carbons (Fsp3) is 0.389. The van der Waals surface area contributed by atoms with E-state index in [1.165, 1.54) is 5.56 Å². The van der Waals surface area contributed by atoms with Gasteiger partial charge in [-0.05, 0) is 43.5 Å². The molecule has 2 rings (SSSR count). The molecule has 0 amide bonds. The molecule has 21 heavy (non-hydrogen) atoms. The van der Waals surface area contributed by atoms with Crippen molar-refractivity contribution in [3.8, 4) is 11.6 Å². The number of pyridine rings is 1. The van der Waals surface area contributed by atoms with Crippen LogP contribution >= 0.6 is 0 Å². The number of hydrogen-bond donors (Lipinski definition) is 1. The second kappa shape index (κ2) is 7.23. The van der Waals surface area contributed by atoms with Crippen molar-refractivity contribution < 1.29 is 4.74 Å². The third kappa shape index (κ3) is 4.57. The molecule has 2 aromatic rings. The molecule has 0 radical (unpaired) electrons. The van der Waals surface area contributed by atoms with E-state index in [0.717, 1.165) is 30.1 Å². The third-order valence-corrected chi connectivity index (χ3v) is 3.35. The van der Waals surface area contributed by atoms with Crippen LogP contribution in [0.3, 0.4) is 0 Å². The summed E-state index contributed by atoms with van der Waals surface area (Å²) in [6.45, 7) is 10.3. The minimum Gasteiger partial charge on any atom is -0.439 e. The average molecular weight is 284 g/mol. The van der Waals surface area contributed by atoms with Gasteiger partial charge in [0, 0.05) is 18.3 Å². The van der Waals surface area contributed by atoms with Gasteiger partial charge < -0.3 is 10.1 Å². The van der Waals surface area contributed by atoms with Crippen LogP contribution in [0.15, 0.2) is 36.4 Å². The zero-order chi connectivity index (χ0) is 15.2. The second-order valence-corrected chi connectivity index (χ2v) is 5.79. The maximum absolute atomic E-state index is 5.86. The van der Waals surface area contributed by atoms with Crippen molar-refractivity contribution in [3.63, 3.8) is 0 Å². The fourth-order valence-corrected chi connectivity index (χ4v) is 2.09. The Bertz CT molecular complexity index is 594. The molecule has 0 aliphatic rings. The monoisotopic (exact) mass is 284 g/mol. The van der Waals surface area contributed by atoms with Crippen LogP contribution in [0.25, 0.3) is 0 Å². The van der Waals surface area contributed by atoms with Crippen LogP contribution < -0.4 is 10.1 Å². The predicted octanol–water partition coefficient (Wildman–Crippen LogP) is 4.24. The number of aryl methyl sites for hydroxylation is 2. The molecule has 0 saturated carbocycles. The Morgan fingerprint density at radius 3 is 2.52 bits per heavy atom. The van der Waals surface area contributed by atoms with E-state index in [1.807, 2.05) is 44.2 Å². The van der Waals surface area contributed by atoms with Crippen molar-refractivity contribution >= 4 is 0 Å². The SMILES string of the molecule is Cc1ccccc1Oc1ccc(CNCC(C)C)c(C)n1. The minimum atomic E-state index is 0.648. The van der Waals surface area contributed by atoms with Crippen LogP contribution in [0.4, 0.5) is 0 Å². The molecule has 0 fully saturated rings. The van der Waals surface area contributed by atoms with E-state index in [-0.39, 0.29) is 0 Å². The number of nitrogens with zero attached hydrogens (tertiary/aromatic N) is 1. The highest BCUT2D eigenvalue weighted by molar-refractivity contribution is 5.35. The molecule has 1 aromatic carbocycles. The summed E-state index contributed by atoms with van der Waals surface area (Å²) < 4.78 is 5.86. The van der Waals surface area contributed by atoms with Crippen LogP contribution in [-0.2, 0) is 6.54 Å². The Hall–Kier alpha value is -1.87. The molecule has 112 valence electrons. The van der Waals surface area contributed by atoms with Crippen LogP contribution in [0.2, 0.25) is 0 Å². The highest BCUT2D eigenvalue weighted by Crippen LogP contribution is 2.23. The first-order valence-corrected chi connectivity index (χ1v) is 7.47. The number of benzene rings is 1. The smallest absolute Gasteiger partial charge is 0.219 e. The number of aromatic nitrogens is 1. The largest absolute Gasteiger partial charge is 0.439 e. The maximum atomic E-state index is 5.86. The van der Waals surface area contributed by atoms with Crippen molar-refractivity contribution in [3.05, 3.63) is 53.2 Å². The molecule has 0 saturated heterocycles. The summed E-state index contributed by atoms with van der Waals surface area (Å²) in [5.41, 5.74) is 3.34. The van der Waals surface area contributed by atoms with E-state index in [9.17, 15) is 0 Å². The molecule has 0 aliphatic heterocycles. The summed E-state index contributed by atoms with van der Waals surface area (Å²) in [7, 11) is 0. The van der Waals surface area contributed by atoms with Gasteiger partial charge in [-0.2, -0.15) is 0 Å². The Balaban J connectivity index is 2.03. The molecular weight excluding hydrogens is 260 g/mol. The molecule has 3 heteroatoms. The van der Waals surface area contributed by atoms with Gasteiger partial charge in [0.1, 0.15) is 5.75 Å². The van der Waals surface area contributed by atoms with Crippen molar-refractivity contribution in [2.75, 3.05) is 6.54 Å². The lowest BCUT2D eigenvalue weighted by molar-refractivity contribution is 0.457. The molecular formula is C18H24N2O. The fourth-order valence-electron chi connectivity index (χ4n) is 2.09. The van der Waals surface area contributed by atoms with Crippen molar-refractivity contribution in [1.82, 2.24) is 10.3 Å². The number of ether oxygens (including phenoxy) is 1. The van der Waals surface area contributed by atoms with Crippen LogP contribution in [-0.4, -0.2) is 11.5 Å². The first kappa shape index (κ1) is 15.5. The Kier molecular flexibility index (Phi) is 5.34. The zero-order valence-electron chi connectivity index (χ0n) is 13.3. The predicted molar refractivity (Wildman–Crippen MR) is 86.8 cm³/mol. The van der Waals surface area contributed by atoms with E-state index in [1.54, 1.807) is 0 Å². The van der Waals surface area contributed by atoms with Gasteiger partial charge in [-0.25, -0.2) is 4.98 Å². The highest BCUT2D eigenvalue weighted by Gasteiger charge is 2.05. The van der Waals surface area contributed by atoms with Gasteiger partial charge in [0.2, 0.25) is 5.88 Å². The standard InChI is InChI=1S/C18H24N2O/c1-13(2)11-19-12-16-9-10-18(20-15(16)4)21-17-8-6-5-7-14(17)3/h5-10,13,19H,11-12H2,1-4H3. The van der Waals surface area contributed by atoms with Gasteiger partial charge in [-0.3, -0.25) is 0 Å². The summed E-state index contributed by atoms with van der Waals surface area (Å²) >= 11 is 0. The maximum Gasteiger partial charge on any atom is 0.219 e. The van der Waals surface area contributed by atoms with Crippen LogP contribution in [0.5, 0.6) is 11.6 Å². The normalized spacial score (nSPS) is 10.9. The van der Waals surface area contributed by atoms with Gasteiger partial charge >= 0.3 is 0 Å². The topological polar surface area (TPSA) is 34.1 Å². The Morgan fingerprint density at radius 1 is 1.10 bits per heavy atom. The van der Waals surface area contributed by atoms with Gasteiger partial charge in [0.15, 0.2) is 0 Å². The van der Waals surface area contributed by atoms with E-state index >= 15 is 0 Å². The van der Waals surface area contributed by atoms with Crippen molar-refractivity contribution in [1.29, 1.82) is 0 Å². The van der Waals surface area contributed by atoms with Crippen molar-refractivity contribution in [2.45, 2.75) is 34.2 Å². The summed E-state index contributed by atoms with van der Waals surface area (Å²) in [5.74, 6) is 2.16. The first-order valence-electron chi connectivity index (χ1n) is 7.47. The van der Waals surface area contributed by atoms with Gasteiger partial charge in [0.05, 0.1) is 0 Å². The lowest BCUT2D eigenvalue weighted by atomic mass is 10.2. The highest BCUT2D eigenvalue weighted by atomic mass is 16.5. The summed E-state index contributed by atoms with van der Waals surface area (Å²) in [5, 5.41) is 3.44.